The average Bonchev–Trinajstić information content (AvgIpc) is 2.14. The Bertz CT molecular complexity index is 382. The Morgan fingerprint density at radius 2 is 2.00 bits per heavy atom. The van der Waals surface area contributed by atoms with Gasteiger partial charge in [0.05, 0.1) is 5.69 Å². The molecule has 0 aliphatic carbocycles. The van der Waals surface area contributed by atoms with Crippen LogP contribution in [0.25, 0.3) is 0 Å². The van der Waals surface area contributed by atoms with Gasteiger partial charge in [-0.15, -0.1) is 0 Å². The zero-order valence-corrected chi connectivity index (χ0v) is 11.8. The van der Waals surface area contributed by atoms with E-state index in [-0.39, 0.29) is 5.41 Å². The van der Waals surface area contributed by atoms with Gasteiger partial charge in [-0.2, -0.15) is 0 Å². The van der Waals surface area contributed by atoms with Crippen LogP contribution in [0, 0.1) is 5.41 Å². The number of nitrogens with zero attached hydrogens (tertiary/aromatic N) is 1. The summed E-state index contributed by atoms with van der Waals surface area (Å²) in [5.41, 5.74) is 2.05. The van der Waals surface area contributed by atoms with Crippen LogP contribution >= 0.6 is 15.9 Å². The molecule has 88 valence electrons. The Labute approximate surface area is 106 Å². The van der Waals surface area contributed by atoms with Crippen LogP contribution in [0.3, 0.4) is 0 Å². The zero-order valence-electron chi connectivity index (χ0n) is 10.2. The molecule has 16 heavy (non-hydrogen) atoms. The fourth-order valence-corrected chi connectivity index (χ4v) is 2.40. The molecule has 2 nitrogen and oxygen atoms in total. The first kappa shape index (κ1) is 13.2. The predicted octanol–water partition coefficient (Wildman–Crippen LogP) is 3.74. The first-order valence-corrected chi connectivity index (χ1v) is 6.08. The molecule has 1 rings (SSSR count). The van der Waals surface area contributed by atoms with Crippen molar-refractivity contribution in [2.45, 2.75) is 20.8 Å². The topological polar surface area (TPSA) is 20.3 Å². The van der Waals surface area contributed by atoms with Gasteiger partial charge >= 0.3 is 0 Å². The van der Waals surface area contributed by atoms with E-state index in [4.69, 9.17) is 0 Å². The molecule has 0 amide bonds. The molecule has 0 bridgehead atoms. The smallest absolute Gasteiger partial charge is 0.150 e. The van der Waals surface area contributed by atoms with Crippen molar-refractivity contribution in [2.24, 2.45) is 5.41 Å². The van der Waals surface area contributed by atoms with Gasteiger partial charge in [-0.3, -0.25) is 4.79 Å². The number of rotatable bonds is 3. The van der Waals surface area contributed by atoms with Gasteiger partial charge in [-0.1, -0.05) is 20.8 Å². The Morgan fingerprint density at radius 3 is 2.44 bits per heavy atom. The highest BCUT2D eigenvalue weighted by atomic mass is 79.9. The molecule has 0 spiro atoms. The summed E-state index contributed by atoms with van der Waals surface area (Å²) in [5.74, 6) is 0. The van der Waals surface area contributed by atoms with Crippen LogP contribution in [0.5, 0.6) is 0 Å². The molecule has 0 N–H and O–H groups in total. The first-order chi connectivity index (χ1) is 7.33. The lowest BCUT2D eigenvalue weighted by Gasteiger charge is -2.29. The monoisotopic (exact) mass is 283 g/mol. The fraction of sp³-hybridized carbons (Fsp3) is 0.462. The highest BCUT2D eigenvalue weighted by Gasteiger charge is 2.15. The maximum absolute atomic E-state index is 10.6. The van der Waals surface area contributed by atoms with Crippen LogP contribution in [0.1, 0.15) is 31.1 Å². The van der Waals surface area contributed by atoms with Crippen LogP contribution in [0.15, 0.2) is 22.7 Å². The Morgan fingerprint density at radius 1 is 1.38 bits per heavy atom. The summed E-state index contributed by atoms with van der Waals surface area (Å²) >= 11 is 3.50. The fourth-order valence-electron chi connectivity index (χ4n) is 1.70. The molecule has 0 saturated heterocycles. The van der Waals surface area contributed by atoms with Crippen molar-refractivity contribution in [3.8, 4) is 0 Å². The Hall–Kier alpha value is -0.830. The zero-order chi connectivity index (χ0) is 12.3. The SMILES string of the molecule is CN(CC(C)(C)C)c1ccc(C=O)cc1Br. The molecule has 1 aromatic rings. The Balaban J connectivity index is 2.92. The number of anilines is 1. The molecule has 0 aliphatic heterocycles. The first-order valence-electron chi connectivity index (χ1n) is 5.29. The van der Waals surface area contributed by atoms with Gasteiger partial charge in [0, 0.05) is 23.6 Å². The van der Waals surface area contributed by atoms with E-state index in [0.29, 0.717) is 5.56 Å². The maximum atomic E-state index is 10.6. The van der Waals surface area contributed by atoms with Crippen LogP contribution in [-0.2, 0) is 0 Å². The molecular formula is C13H18BrNO. The van der Waals surface area contributed by atoms with E-state index in [9.17, 15) is 4.79 Å². The summed E-state index contributed by atoms with van der Waals surface area (Å²) in [4.78, 5) is 12.8. The summed E-state index contributed by atoms with van der Waals surface area (Å²) < 4.78 is 0.962. The summed E-state index contributed by atoms with van der Waals surface area (Å²) in [5, 5.41) is 0. The second-order valence-electron chi connectivity index (χ2n) is 5.25. The van der Waals surface area contributed by atoms with Gasteiger partial charge in [0.1, 0.15) is 6.29 Å². The molecule has 0 unspecified atom stereocenters. The van der Waals surface area contributed by atoms with Gasteiger partial charge in [0.2, 0.25) is 0 Å². The minimum atomic E-state index is 0.248. The maximum Gasteiger partial charge on any atom is 0.150 e. The van der Waals surface area contributed by atoms with Gasteiger partial charge in [-0.25, -0.2) is 0 Å². The molecule has 1 aromatic carbocycles. The Kier molecular flexibility index (Phi) is 4.14. The summed E-state index contributed by atoms with van der Waals surface area (Å²) in [6.45, 7) is 7.58. The van der Waals surface area contributed by atoms with Crippen molar-refractivity contribution in [1.82, 2.24) is 0 Å². The van der Waals surface area contributed by atoms with E-state index in [1.54, 1.807) is 0 Å². The van der Waals surface area contributed by atoms with Crippen molar-refractivity contribution in [1.29, 1.82) is 0 Å². The van der Waals surface area contributed by atoms with Crippen molar-refractivity contribution >= 4 is 27.9 Å². The summed E-state index contributed by atoms with van der Waals surface area (Å²) in [7, 11) is 2.06. The van der Waals surface area contributed by atoms with Gasteiger partial charge in [0.25, 0.3) is 0 Å². The summed E-state index contributed by atoms with van der Waals surface area (Å²) in [6.07, 6.45) is 0.859. The lowest BCUT2D eigenvalue weighted by Crippen LogP contribution is -2.29. The highest BCUT2D eigenvalue weighted by molar-refractivity contribution is 9.10. The van der Waals surface area contributed by atoms with E-state index in [1.807, 2.05) is 18.2 Å². The molecule has 0 radical (unpaired) electrons. The van der Waals surface area contributed by atoms with Crippen LogP contribution < -0.4 is 4.90 Å². The van der Waals surface area contributed by atoms with Crippen LogP contribution in [0.2, 0.25) is 0 Å². The van der Waals surface area contributed by atoms with E-state index >= 15 is 0 Å². The average molecular weight is 284 g/mol. The molecule has 0 heterocycles. The molecule has 0 atom stereocenters. The van der Waals surface area contributed by atoms with Gasteiger partial charge in [0.15, 0.2) is 0 Å². The number of halogens is 1. The number of carbonyl (C=O) groups is 1. The van der Waals surface area contributed by atoms with E-state index in [1.165, 1.54) is 0 Å². The van der Waals surface area contributed by atoms with E-state index < -0.39 is 0 Å². The normalized spacial score (nSPS) is 11.3. The van der Waals surface area contributed by atoms with Crippen LogP contribution in [-0.4, -0.2) is 19.9 Å². The van der Waals surface area contributed by atoms with Gasteiger partial charge < -0.3 is 4.90 Å². The quantitative estimate of drug-likeness (QED) is 0.788. The van der Waals surface area contributed by atoms with Crippen LogP contribution in [0.4, 0.5) is 5.69 Å². The molecule has 0 saturated carbocycles. The lowest BCUT2D eigenvalue weighted by molar-refractivity contribution is 0.112. The van der Waals surface area contributed by atoms with Crippen molar-refractivity contribution in [3.05, 3.63) is 28.2 Å². The minimum absolute atomic E-state index is 0.248. The minimum Gasteiger partial charge on any atom is -0.373 e. The third kappa shape index (κ3) is 3.63. The van der Waals surface area contributed by atoms with Crippen molar-refractivity contribution < 1.29 is 4.79 Å². The number of carbonyl (C=O) groups excluding carboxylic acids is 1. The molecular weight excluding hydrogens is 266 g/mol. The number of hydrogen-bond acceptors (Lipinski definition) is 2. The highest BCUT2D eigenvalue weighted by Crippen LogP contribution is 2.28. The van der Waals surface area contributed by atoms with E-state index in [0.717, 1.165) is 23.0 Å². The van der Waals surface area contributed by atoms with Crippen molar-refractivity contribution in [2.75, 3.05) is 18.5 Å². The molecule has 0 fully saturated rings. The number of benzene rings is 1. The third-order valence-electron chi connectivity index (χ3n) is 2.23. The predicted molar refractivity (Wildman–Crippen MR) is 72.3 cm³/mol. The summed E-state index contributed by atoms with van der Waals surface area (Å²) in [6, 6.07) is 5.66. The molecule has 0 aliphatic rings. The number of aldehydes is 1. The standard InChI is InChI=1S/C13H18BrNO/c1-13(2,3)9-15(4)12-6-5-10(8-16)7-11(12)14/h5-8H,9H2,1-4H3. The van der Waals surface area contributed by atoms with Crippen molar-refractivity contribution in [3.63, 3.8) is 0 Å². The molecule has 0 aromatic heterocycles. The molecule has 3 heteroatoms. The number of hydrogen-bond donors (Lipinski definition) is 0. The third-order valence-corrected chi connectivity index (χ3v) is 2.87. The van der Waals surface area contributed by atoms with Gasteiger partial charge in [-0.05, 0) is 39.5 Å². The lowest BCUT2D eigenvalue weighted by atomic mass is 9.96. The second kappa shape index (κ2) is 5.00. The largest absolute Gasteiger partial charge is 0.373 e. The van der Waals surface area contributed by atoms with E-state index in [2.05, 4.69) is 48.6 Å². The second-order valence-corrected chi connectivity index (χ2v) is 6.10.